The molecule has 0 bridgehead atoms. The molecular formula is C25H28N4O2. The van der Waals surface area contributed by atoms with Crippen molar-refractivity contribution in [3.8, 4) is 0 Å². The minimum atomic E-state index is -0.954. The van der Waals surface area contributed by atoms with E-state index in [2.05, 4.69) is 77.0 Å². The summed E-state index contributed by atoms with van der Waals surface area (Å²) in [6.45, 7) is 4.44. The molecule has 0 radical (unpaired) electrons. The Hall–Kier alpha value is -3.38. The average Bonchev–Trinajstić information content (AvgIpc) is 3.10. The molecule has 0 amide bonds. The van der Waals surface area contributed by atoms with E-state index in [9.17, 15) is 9.90 Å². The van der Waals surface area contributed by atoms with Crippen LogP contribution in [-0.4, -0.2) is 34.6 Å². The highest BCUT2D eigenvalue weighted by atomic mass is 16.4. The van der Waals surface area contributed by atoms with Gasteiger partial charge in [0.2, 0.25) is 0 Å². The van der Waals surface area contributed by atoms with Crippen molar-refractivity contribution in [1.82, 2.24) is 9.88 Å². The van der Waals surface area contributed by atoms with Crippen LogP contribution >= 0.6 is 0 Å². The zero-order valence-corrected chi connectivity index (χ0v) is 17.9. The number of fused-ring (bicyclic) bond motifs is 1. The molecular weight excluding hydrogens is 388 g/mol. The Morgan fingerprint density at radius 1 is 1.13 bits per heavy atom. The number of hydrogen-bond donors (Lipinski definition) is 3. The molecule has 0 spiro atoms. The molecule has 2 aromatic carbocycles. The lowest BCUT2D eigenvalue weighted by atomic mass is 10.0. The molecule has 1 aromatic heterocycles. The standard InChI is InChI=1S/C25H28N4O2/c1-3-17-4-6-18(7-5-17)13-27-20-8-9-21-19(12-20)16-29(2)24(21)15-28-23-14-26-11-10-22(23)25(30)31/h4-12,14,24,27-28H,3,13,15-16H2,1-2H3,(H,30,31)/t24-/m0/s1. The maximum atomic E-state index is 11.4. The lowest BCUT2D eigenvalue weighted by Gasteiger charge is -2.22. The van der Waals surface area contributed by atoms with Gasteiger partial charge in [0.05, 0.1) is 23.5 Å². The Bertz CT molecular complexity index is 1070. The van der Waals surface area contributed by atoms with Crippen LogP contribution < -0.4 is 10.6 Å². The summed E-state index contributed by atoms with van der Waals surface area (Å²) in [6, 6.07) is 16.9. The van der Waals surface area contributed by atoms with Crippen LogP contribution in [0.1, 0.15) is 45.6 Å². The van der Waals surface area contributed by atoms with Crippen LogP contribution in [0.5, 0.6) is 0 Å². The van der Waals surface area contributed by atoms with Gasteiger partial charge < -0.3 is 15.7 Å². The molecule has 0 aliphatic carbocycles. The van der Waals surface area contributed by atoms with Crippen molar-refractivity contribution in [1.29, 1.82) is 0 Å². The first-order chi connectivity index (χ1) is 15.0. The molecule has 6 heteroatoms. The van der Waals surface area contributed by atoms with Crippen molar-refractivity contribution in [2.24, 2.45) is 0 Å². The highest BCUT2D eigenvalue weighted by Crippen LogP contribution is 2.34. The van der Waals surface area contributed by atoms with Crippen molar-refractivity contribution < 1.29 is 9.90 Å². The molecule has 2 heterocycles. The molecule has 6 nitrogen and oxygen atoms in total. The third kappa shape index (κ3) is 4.70. The van der Waals surface area contributed by atoms with Gasteiger partial charge in [-0.1, -0.05) is 37.3 Å². The molecule has 0 unspecified atom stereocenters. The Morgan fingerprint density at radius 2 is 1.90 bits per heavy atom. The van der Waals surface area contributed by atoms with Crippen molar-refractivity contribution in [3.05, 3.63) is 88.7 Å². The van der Waals surface area contributed by atoms with Crippen LogP contribution in [0.4, 0.5) is 11.4 Å². The van der Waals surface area contributed by atoms with Gasteiger partial charge in [0.25, 0.3) is 0 Å². The number of aromatic nitrogens is 1. The largest absolute Gasteiger partial charge is 0.478 e. The average molecular weight is 417 g/mol. The summed E-state index contributed by atoms with van der Waals surface area (Å²) in [4.78, 5) is 17.8. The second kappa shape index (κ2) is 9.18. The van der Waals surface area contributed by atoms with Crippen molar-refractivity contribution in [3.63, 3.8) is 0 Å². The molecule has 1 aliphatic rings. The molecule has 3 aromatic rings. The van der Waals surface area contributed by atoms with E-state index in [1.54, 1.807) is 6.20 Å². The maximum absolute atomic E-state index is 11.4. The van der Waals surface area contributed by atoms with E-state index in [0.29, 0.717) is 12.2 Å². The topological polar surface area (TPSA) is 77.5 Å². The second-order valence-electron chi connectivity index (χ2n) is 7.98. The number of rotatable bonds is 8. The third-order valence-electron chi connectivity index (χ3n) is 5.92. The normalized spacial score (nSPS) is 15.5. The van der Waals surface area contributed by atoms with E-state index in [0.717, 1.165) is 25.2 Å². The number of aromatic carboxylic acids is 1. The van der Waals surface area contributed by atoms with Crippen LogP contribution in [-0.2, 0) is 19.5 Å². The Labute approximate surface area is 182 Å². The molecule has 1 aliphatic heterocycles. The van der Waals surface area contributed by atoms with E-state index in [4.69, 9.17) is 0 Å². The van der Waals surface area contributed by atoms with Gasteiger partial charge in [-0.15, -0.1) is 0 Å². The van der Waals surface area contributed by atoms with E-state index in [1.807, 2.05) is 0 Å². The van der Waals surface area contributed by atoms with Crippen LogP contribution in [0.3, 0.4) is 0 Å². The third-order valence-corrected chi connectivity index (χ3v) is 5.92. The number of likely N-dealkylation sites (N-methyl/N-ethyl adjacent to an activating group) is 1. The molecule has 3 N–H and O–H groups in total. The summed E-state index contributed by atoms with van der Waals surface area (Å²) >= 11 is 0. The number of carboxylic acid groups (broad SMARTS) is 1. The van der Waals surface area contributed by atoms with E-state index < -0.39 is 5.97 Å². The van der Waals surface area contributed by atoms with Gasteiger partial charge in [0, 0.05) is 31.5 Å². The maximum Gasteiger partial charge on any atom is 0.337 e. The minimum absolute atomic E-state index is 0.174. The molecule has 4 rings (SSSR count). The smallest absolute Gasteiger partial charge is 0.337 e. The predicted octanol–water partition coefficient (Wildman–Crippen LogP) is 4.55. The first-order valence-electron chi connectivity index (χ1n) is 10.6. The second-order valence-corrected chi connectivity index (χ2v) is 7.98. The fourth-order valence-electron chi connectivity index (χ4n) is 4.09. The number of aryl methyl sites for hydroxylation is 1. The van der Waals surface area contributed by atoms with Gasteiger partial charge in [-0.05, 0) is 53.9 Å². The Balaban J connectivity index is 1.42. The monoisotopic (exact) mass is 416 g/mol. The predicted molar refractivity (Wildman–Crippen MR) is 123 cm³/mol. The molecule has 0 saturated heterocycles. The molecule has 31 heavy (non-hydrogen) atoms. The van der Waals surface area contributed by atoms with Gasteiger partial charge in [0.1, 0.15) is 0 Å². The van der Waals surface area contributed by atoms with Crippen LogP contribution in [0.15, 0.2) is 60.9 Å². The fourth-order valence-corrected chi connectivity index (χ4v) is 4.09. The fraction of sp³-hybridized carbons (Fsp3) is 0.280. The van der Waals surface area contributed by atoms with Gasteiger partial charge in [-0.3, -0.25) is 9.88 Å². The quantitative estimate of drug-likeness (QED) is 0.500. The van der Waals surface area contributed by atoms with E-state index >= 15 is 0 Å². The van der Waals surface area contributed by atoms with E-state index in [-0.39, 0.29) is 11.6 Å². The van der Waals surface area contributed by atoms with Gasteiger partial charge >= 0.3 is 5.97 Å². The highest BCUT2D eigenvalue weighted by molar-refractivity contribution is 5.93. The number of nitrogens with zero attached hydrogens (tertiary/aromatic N) is 2. The zero-order valence-electron chi connectivity index (χ0n) is 17.9. The van der Waals surface area contributed by atoms with Crippen molar-refractivity contribution >= 4 is 17.3 Å². The van der Waals surface area contributed by atoms with Crippen molar-refractivity contribution in [2.45, 2.75) is 32.5 Å². The first-order valence-corrected chi connectivity index (χ1v) is 10.6. The number of hydrogen-bond acceptors (Lipinski definition) is 5. The summed E-state index contributed by atoms with van der Waals surface area (Å²) in [7, 11) is 2.09. The molecule has 1 atom stereocenters. The van der Waals surface area contributed by atoms with Gasteiger partial charge in [-0.25, -0.2) is 4.79 Å². The number of carboxylic acids is 1. The summed E-state index contributed by atoms with van der Waals surface area (Å²) in [5, 5.41) is 16.2. The lowest BCUT2D eigenvalue weighted by Crippen LogP contribution is -2.24. The Morgan fingerprint density at radius 3 is 2.65 bits per heavy atom. The number of nitrogens with one attached hydrogen (secondary N) is 2. The van der Waals surface area contributed by atoms with Crippen molar-refractivity contribution in [2.75, 3.05) is 24.2 Å². The Kier molecular flexibility index (Phi) is 6.18. The molecule has 0 fully saturated rings. The highest BCUT2D eigenvalue weighted by Gasteiger charge is 2.27. The number of benzene rings is 2. The zero-order chi connectivity index (χ0) is 21.8. The van der Waals surface area contributed by atoms with Gasteiger partial charge in [0.15, 0.2) is 0 Å². The summed E-state index contributed by atoms with van der Waals surface area (Å²) in [5.41, 5.74) is 7.08. The van der Waals surface area contributed by atoms with E-state index in [1.165, 1.54) is 34.5 Å². The van der Waals surface area contributed by atoms with Gasteiger partial charge in [-0.2, -0.15) is 0 Å². The van der Waals surface area contributed by atoms with Crippen LogP contribution in [0, 0.1) is 0 Å². The summed E-state index contributed by atoms with van der Waals surface area (Å²) < 4.78 is 0. The molecule has 0 saturated carbocycles. The molecule has 160 valence electrons. The van der Waals surface area contributed by atoms with Crippen LogP contribution in [0.2, 0.25) is 0 Å². The number of anilines is 2. The first kappa shape index (κ1) is 20.9. The number of pyridine rings is 1. The summed E-state index contributed by atoms with van der Waals surface area (Å²) in [6.07, 6.45) is 4.12. The summed E-state index contributed by atoms with van der Waals surface area (Å²) in [5.74, 6) is -0.954. The number of carbonyl (C=O) groups is 1. The SMILES string of the molecule is CCc1ccc(CNc2ccc3c(c2)CN(C)[C@H]3CNc2cnccc2C(=O)O)cc1. The van der Waals surface area contributed by atoms with Crippen LogP contribution in [0.25, 0.3) is 0 Å². The minimum Gasteiger partial charge on any atom is -0.478 e. The lowest BCUT2D eigenvalue weighted by molar-refractivity contribution is 0.0697.